The second-order valence-corrected chi connectivity index (χ2v) is 3.83. The van der Waals surface area contributed by atoms with Gasteiger partial charge in [0.05, 0.1) is 6.10 Å². The molecule has 3 atom stereocenters. The Kier molecular flexibility index (Phi) is 2.56. The molecule has 1 aliphatic rings. The molecule has 3 nitrogen and oxygen atoms in total. The van der Waals surface area contributed by atoms with Crippen LogP contribution in [0.2, 0.25) is 0 Å². The fraction of sp³-hybridized carbons (Fsp3) is 0.778. The van der Waals surface area contributed by atoms with E-state index >= 15 is 0 Å². The number of ether oxygens (including phenoxy) is 1. The Labute approximate surface area is 72.7 Å². The van der Waals surface area contributed by atoms with Crippen molar-refractivity contribution in [2.45, 2.75) is 45.2 Å². The summed E-state index contributed by atoms with van der Waals surface area (Å²) in [4.78, 5) is 0. The smallest absolute Gasteiger partial charge is 0.184 e. The lowest BCUT2D eigenvalue weighted by atomic mass is 10.0. The molecule has 0 aromatic heterocycles. The van der Waals surface area contributed by atoms with Gasteiger partial charge >= 0.3 is 0 Å². The van der Waals surface area contributed by atoms with Gasteiger partial charge in [0.2, 0.25) is 0 Å². The van der Waals surface area contributed by atoms with Crippen LogP contribution in [-0.4, -0.2) is 28.2 Å². The van der Waals surface area contributed by atoms with Crippen molar-refractivity contribution in [1.29, 1.82) is 0 Å². The average Bonchev–Trinajstić information content (AvgIpc) is 2.04. The number of allylic oxidation sites excluding steroid dienone is 1. The Bertz CT molecular complexity index is 192. The molecule has 3 heteroatoms. The number of hydrogen-bond donors (Lipinski definition) is 2. The number of aliphatic hydroxyl groups is 2. The van der Waals surface area contributed by atoms with Crippen LogP contribution >= 0.6 is 0 Å². The van der Waals surface area contributed by atoms with Crippen molar-refractivity contribution in [3.05, 3.63) is 11.6 Å². The monoisotopic (exact) mass is 172 g/mol. The first-order valence-electron chi connectivity index (χ1n) is 4.13. The molecule has 70 valence electrons. The molecular weight excluding hydrogens is 156 g/mol. The summed E-state index contributed by atoms with van der Waals surface area (Å²) in [5, 5.41) is 18.8. The molecule has 1 heterocycles. The van der Waals surface area contributed by atoms with Crippen molar-refractivity contribution >= 4 is 0 Å². The predicted molar refractivity (Wildman–Crippen MR) is 45.6 cm³/mol. The third kappa shape index (κ3) is 2.06. The van der Waals surface area contributed by atoms with Gasteiger partial charge in [-0.3, -0.25) is 0 Å². The molecule has 0 spiro atoms. The maximum atomic E-state index is 9.54. The van der Waals surface area contributed by atoms with Crippen LogP contribution < -0.4 is 0 Å². The third-order valence-corrected chi connectivity index (χ3v) is 1.97. The topological polar surface area (TPSA) is 49.7 Å². The zero-order valence-electron chi connectivity index (χ0n) is 7.74. The van der Waals surface area contributed by atoms with E-state index < -0.39 is 11.9 Å². The quantitative estimate of drug-likeness (QED) is 0.575. The molecule has 0 bridgehead atoms. The molecule has 1 rings (SSSR count). The van der Waals surface area contributed by atoms with Crippen LogP contribution in [0.4, 0.5) is 0 Å². The Hall–Kier alpha value is -0.380. The normalized spacial score (nSPS) is 41.4. The largest absolute Gasteiger partial charge is 0.385 e. The second-order valence-electron chi connectivity index (χ2n) is 3.83. The lowest BCUT2D eigenvalue weighted by Gasteiger charge is -2.17. The van der Waals surface area contributed by atoms with E-state index in [1.54, 1.807) is 6.92 Å². The molecule has 0 aliphatic carbocycles. The van der Waals surface area contributed by atoms with Crippen LogP contribution in [0.25, 0.3) is 0 Å². The molecule has 1 unspecified atom stereocenters. The van der Waals surface area contributed by atoms with E-state index in [-0.39, 0.29) is 6.10 Å². The molecule has 0 saturated carbocycles. The minimum absolute atomic E-state index is 0.153. The van der Waals surface area contributed by atoms with E-state index in [0.29, 0.717) is 6.42 Å². The van der Waals surface area contributed by atoms with E-state index in [1.165, 1.54) is 0 Å². The molecular formula is C9H16O3. The summed E-state index contributed by atoms with van der Waals surface area (Å²) in [6, 6.07) is 0. The van der Waals surface area contributed by atoms with Gasteiger partial charge in [-0.1, -0.05) is 11.6 Å². The average molecular weight is 172 g/mol. The summed E-state index contributed by atoms with van der Waals surface area (Å²) in [7, 11) is 0. The van der Waals surface area contributed by atoms with Crippen molar-refractivity contribution < 1.29 is 14.9 Å². The second kappa shape index (κ2) is 3.17. The molecule has 0 amide bonds. The van der Waals surface area contributed by atoms with Gasteiger partial charge in [-0.2, -0.15) is 0 Å². The number of rotatable bonds is 1. The first kappa shape index (κ1) is 9.71. The SMILES string of the molecule is CC(C)=CC1C[C@@](C)(O)[C@H](O)O1. The molecule has 1 aliphatic heterocycles. The highest BCUT2D eigenvalue weighted by atomic mass is 16.6. The van der Waals surface area contributed by atoms with Gasteiger partial charge in [-0.05, 0) is 20.8 Å². The minimum atomic E-state index is -1.10. The summed E-state index contributed by atoms with van der Waals surface area (Å²) >= 11 is 0. The van der Waals surface area contributed by atoms with Crippen LogP contribution in [-0.2, 0) is 4.74 Å². The van der Waals surface area contributed by atoms with Crippen LogP contribution in [0.15, 0.2) is 11.6 Å². The van der Waals surface area contributed by atoms with E-state index in [1.807, 2.05) is 19.9 Å². The maximum Gasteiger partial charge on any atom is 0.184 e. The van der Waals surface area contributed by atoms with E-state index in [4.69, 9.17) is 4.74 Å². The lowest BCUT2D eigenvalue weighted by molar-refractivity contribution is -0.157. The van der Waals surface area contributed by atoms with Crippen LogP contribution in [0, 0.1) is 0 Å². The first-order chi connectivity index (χ1) is 5.42. The van der Waals surface area contributed by atoms with Gasteiger partial charge < -0.3 is 14.9 Å². The molecule has 12 heavy (non-hydrogen) atoms. The zero-order chi connectivity index (χ0) is 9.35. The fourth-order valence-electron chi connectivity index (χ4n) is 1.34. The summed E-state index contributed by atoms with van der Waals surface area (Å²) in [6.07, 6.45) is 1.16. The van der Waals surface area contributed by atoms with Crippen LogP contribution in [0.5, 0.6) is 0 Å². The van der Waals surface area contributed by atoms with Crippen molar-refractivity contribution in [2.24, 2.45) is 0 Å². The zero-order valence-corrected chi connectivity index (χ0v) is 7.74. The summed E-state index contributed by atoms with van der Waals surface area (Å²) < 4.78 is 5.12. The molecule has 0 aromatic rings. The standard InChI is InChI=1S/C9H16O3/c1-6(2)4-7-5-9(3,11)8(10)12-7/h4,7-8,10-11H,5H2,1-3H3/t7?,8-,9-/m1/s1. The molecule has 2 N–H and O–H groups in total. The highest BCUT2D eigenvalue weighted by Crippen LogP contribution is 2.29. The lowest BCUT2D eigenvalue weighted by Crippen LogP contribution is -2.33. The molecule has 0 radical (unpaired) electrons. The number of aliphatic hydroxyl groups excluding tert-OH is 1. The summed E-state index contributed by atoms with van der Waals surface area (Å²) in [5.74, 6) is 0. The Balaban J connectivity index is 2.61. The van der Waals surface area contributed by atoms with Gasteiger partial charge in [0.15, 0.2) is 6.29 Å². The van der Waals surface area contributed by atoms with Crippen molar-refractivity contribution in [3.8, 4) is 0 Å². The Morgan fingerprint density at radius 2 is 2.17 bits per heavy atom. The van der Waals surface area contributed by atoms with Gasteiger partial charge in [-0.15, -0.1) is 0 Å². The maximum absolute atomic E-state index is 9.54. The van der Waals surface area contributed by atoms with Gasteiger partial charge in [-0.25, -0.2) is 0 Å². The fourth-order valence-corrected chi connectivity index (χ4v) is 1.34. The summed E-state index contributed by atoms with van der Waals surface area (Å²) in [6.45, 7) is 5.50. The number of hydrogen-bond acceptors (Lipinski definition) is 3. The van der Waals surface area contributed by atoms with Crippen molar-refractivity contribution in [3.63, 3.8) is 0 Å². The molecule has 0 aromatic carbocycles. The third-order valence-electron chi connectivity index (χ3n) is 1.97. The van der Waals surface area contributed by atoms with Crippen LogP contribution in [0.1, 0.15) is 27.2 Å². The Morgan fingerprint density at radius 3 is 2.50 bits per heavy atom. The molecule has 1 saturated heterocycles. The van der Waals surface area contributed by atoms with Gasteiger partial charge in [0, 0.05) is 6.42 Å². The summed E-state index contributed by atoms with van der Waals surface area (Å²) in [5.41, 5.74) is 0.0290. The van der Waals surface area contributed by atoms with Crippen molar-refractivity contribution in [1.82, 2.24) is 0 Å². The highest BCUT2D eigenvalue weighted by Gasteiger charge is 2.41. The highest BCUT2D eigenvalue weighted by molar-refractivity contribution is 5.03. The molecule has 1 fully saturated rings. The van der Waals surface area contributed by atoms with Gasteiger partial charge in [0.25, 0.3) is 0 Å². The first-order valence-corrected chi connectivity index (χ1v) is 4.13. The Morgan fingerprint density at radius 1 is 1.58 bits per heavy atom. The van der Waals surface area contributed by atoms with E-state index in [2.05, 4.69) is 0 Å². The predicted octanol–water partition coefficient (Wildman–Crippen LogP) is 0.811. The van der Waals surface area contributed by atoms with Crippen molar-refractivity contribution in [2.75, 3.05) is 0 Å². The van der Waals surface area contributed by atoms with Gasteiger partial charge in [0.1, 0.15) is 5.60 Å². The van der Waals surface area contributed by atoms with E-state index in [0.717, 1.165) is 5.57 Å². The van der Waals surface area contributed by atoms with E-state index in [9.17, 15) is 10.2 Å². The van der Waals surface area contributed by atoms with Crippen LogP contribution in [0.3, 0.4) is 0 Å². The minimum Gasteiger partial charge on any atom is -0.385 e.